The van der Waals surface area contributed by atoms with Gasteiger partial charge in [0.1, 0.15) is 0 Å². The monoisotopic (exact) mass is 222 g/mol. The quantitative estimate of drug-likeness (QED) is 0.441. The summed E-state index contributed by atoms with van der Waals surface area (Å²) in [5.74, 6) is 0.761. The Bertz CT molecular complexity index is 126. The van der Waals surface area contributed by atoms with Gasteiger partial charge in [0.05, 0.1) is 5.60 Å². The highest BCUT2D eigenvalue weighted by Gasteiger charge is 2.15. The highest BCUT2D eigenvalue weighted by atomic mass is 35.5. The zero-order valence-electron chi connectivity index (χ0n) is 9.64. The molecule has 0 aliphatic carbocycles. The Morgan fingerprint density at radius 3 is 2.36 bits per heavy atom. The molecule has 0 spiro atoms. The summed E-state index contributed by atoms with van der Waals surface area (Å²) in [6.45, 7) is 5.77. The molecular formula is C11H23ClO2. The van der Waals surface area contributed by atoms with Crippen molar-refractivity contribution in [1.29, 1.82) is 0 Å². The fraction of sp³-hybridized carbons (Fsp3) is 1.00. The number of unbranched alkanes of at least 4 members (excludes halogenated alkanes) is 2. The number of methoxy groups -OCH3 is 1. The van der Waals surface area contributed by atoms with E-state index >= 15 is 0 Å². The minimum atomic E-state index is -0.0594. The van der Waals surface area contributed by atoms with Crippen LogP contribution in [-0.2, 0) is 9.47 Å². The van der Waals surface area contributed by atoms with Crippen LogP contribution in [0.15, 0.2) is 0 Å². The van der Waals surface area contributed by atoms with Gasteiger partial charge in [0.25, 0.3) is 0 Å². The van der Waals surface area contributed by atoms with Crippen LogP contribution in [0, 0.1) is 0 Å². The summed E-state index contributed by atoms with van der Waals surface area (Å²) in [5, 5.41) is 0. The highest BCUT2D eigenvalue weighted by molar-refractivity contribution is 6.17. The van der Waals surface area contributed by atoms with E-state index in [1.165, 1.54) is 0 Å². The summed E-state index contributed by atoms with van der Waals surface area (Å²) < 4.78 is 10.8. The average molecular weight is 223 g/mol. The smallest absolute Gasteiger partial charge is 0.0644 e. The molecule has 86 valence electrons. The summed E-state index contributed by atoms with van der Waals surface area (Å²) in [5.41, 5.74) is -0.0594. The Balaban J connectivity index is 3.13. The third-order valence-electron chi connectivity index (χ3n) is 2.32. The number of ether oxygens (including phenoxy) is 2. The summed E-state index contributed by atoms with van der Waals surface area (Å²) in [6, 6.07) is 0. The van der Waals surface area contributed by atoms with Crippen LogP contribution in [0.5, 0.6) is 0 Å². The standard InChI is InChI=1S/C11H23ClO2/c1-11(2,13-3)7-10-14-9-6-4-5-8-12/h4-10H2,1-3H3. The lowest BCUT2D eigenvalue weighted by molar-refractivity contribution is -0.0101. The van der Waals surface area contributed by atoms with E-state index < -0.39 is 0 Å². The molecule has 0 heterocycles. The van der Waals surface area contributed by atoms with Crippen molar-refractivity contribution < 1.29 is 9.47 Å². The Kier molecular flexibility index (Phi) is 8.64. The summed E-state index contributed by atoms with van der Waals surface area (Å²) in [4.78, 5) is 0. The molecule has 0 saturated heterocycles. The number of alkyl halides is 1. The van der Waals surface area contributed by atoms with Crippen LogP contribution in [0.25, 0.3) is 0 Å². The zero-order chi connectivity index (χ0) is 10.9. The van der Waals surface area contributed by atoms with Crippen molar-refractivity contribution in [3.8, 4) is 0 Å². The molecule has 0 N–H and O–H groups in total. The average Bonchev–Trinajstić information content (AvgIpc) is 2.16. The molecule has 0 fully saturated rings. The zero-order valence-corrected chi connectivity index (χ0v) is 10.4. The van der Waals surface area contributed by atoms with Crippen molar-refractivity contribution >= 4 is 11.6 Å². The summed E-state index contributed by atoms with van der Waals surface area (Å²) >= 11 is 5.56. The van der Waals surface area contributed by atoms with Gasteiger partial charge in [-0.1, -0.05) is 0 Å². The summed E-state index contributed by atoms with van der Waals surface area (Å²) in [6.07, 6.45) is 4.31. The molecule has 3 heteroatoms. The first-order chi connectivity index (χ1) is 6.62. The molecule has 0 aromatic rings. The van der Waals surface area contributed by atoms with Crippen LogP contribution < -0.4 is 0 Å². The third kappa shape index (κ3) is 8.79. The molecular weight excluding hydrogens is 200 g/mol. The van der Waals surface area contributed by atoms with E-state index in [-0.39, 0.29) is 5.60 Å². The maximum Gasteiger partial charge on any atom is 0.0644 e. The largest absolute Gasteiger partial charge is 0.381 e. The molecule has 0 saturated carbocycles. The molecule has 0 aliphatic rings. The van der Waals surface area contributed by atoms with Crippen LogP contribution in [0.2, 0.25) is 0 Å². The number of halogens is 1. The van der Waals surface area contributed by atoms with Crippen LogP contribution in [-0.4, -0.2) is 31.8 Å². The van der Waals surface area contributed by atoms with Crippen LogP contribution in [0.1, 0.15) is 39.5 Å². The molecule has 0 unspecified atom stereocenters. The fourth-order valence-corrected chi connectivity index (χ4v) is 1.19. The van der Waals surface area contributed by atoms with E-state index in [9.17, 15) is 0 Å². The van der Waals surface area contributed by atoms with Crippen molar-refractivity contribution in [3.05, 3.63) is 0 Å². The highest BCUT2D eigenvalue weighted by Crippen LogP contribution is 2.12. The maximum absolute atomic E-state index is 5.56. The van der Waals surface area contributed by atoms with Gasteiger partial charge in [0.2, 0.25) is 0 Å². The Labute approximate surface area is 92.9 Å². The molecule has 0 atom stereocenters. The van der Waals surface area contributed by atoms with Crippen molar-refractivity contribution in [2.75, 3.05) is 26.2 Å². The second-order valence-electron chi connectivity index (χ2n) is 4.08. The second kappa shape index (κ2) is 8.51. The Morgan fingerprint density at radius 2 is 1.79 bits per heavy atom. The Morgan fingerprint density at radius 1 is 1.07 bits per heavy atom. The first-order valence-corrected chi connectivity index (χ1v) is 5.85. The molecule has 14 heavy (non-hydrogen) atoms. The number of rotatable bonds is 9. The first-order valence-electron chi connectivity index (χ1n) is 5.31. The molecule has 2 nitrogen and oxygen atoms in total. The lowest BCUT2D eigenvalue weighted by Crippen LogP contribution is -2.24. The van der Waals surface area contributed by atoms with Gasteiger partial charge < -0.3 is 9.47 Å². The third-order valence-corrected chi connectivity index (χ3v) is 2.59. The van der Waals surface area contributed by atoms with Gasteiger partial charge in [-0.05, 0) is 39.5 Å². The number of hydrogen-bond acceptors (Lipinski definition) is 2. The van der Waals surface area contributed by atoms with Crippen molar-refractivity contribution in [3.63, 3.8) is 0 Å². The van der Waals surface area contributed by atoms with Gasteiger partial charge in [-0.3, -0.25) is 0 Å². The molecule has 0 rings (SSSR count). The lowest BCUT2D eigenvalue weighted by Gasteiger charge is -2.22. The topological polar surface area (TPSA) is 18.5 Å². The molecule has 0 amide bonds. The van der Waals surface area contributed by atoms with Gasteiger partial charge >= 0.3 is 0 Å². The van der Waals surface area contributed by atoms with Gasteiger partial charge in [-0.2, -0.15) is 0 Å². The van der Waals surface area contributed by atoms with E-state index in [4.69, 9.17) is 21.1 Å². The first kappa shape index (κ1) is 14.2. The van der Waals surface area contributed by atoms with E-state index in [0.717, 1.165) is 44.8 Å². The molecule has 0 aliphatic heterocycles. The SMILES string of the molecule is COC(C)(C)CCOCCCCCCl. The van der Waals surface area contributed by atoms with Gasteiger partial charge in [0, 0.05) is 26.2 Å². The molecule has 0 aromatic carbocycles. The minimum Gasteiger partial charge on any atom is -0.381 e. The predicted octanol–water partition coefficient (Wildman–Crippen LogP) is 3.23. The van der Waals surface area contributed by atoms with E-state index in [1.54, 1.807) is 7.11 Å². The Hall–Kier alpha value is 0.210. The van der Waals surface area contributed by atoms with Crippen LogP contribution in [0.3, 0.4) is 0 Å². The molecule has 0 bridgehead atoms. The summed E-state index contributed by atoms with van der Waals surface area (Å²) in [7, 11) is 1.74. The van der Waals surface area contributed by atoms with E-state index in [0.29, 0.717) is 0 Å². The molecule has 0 radical (unpaired) electrons. The van der Waals surface area contributed by atoms with Gasteiger partial charge in [-0.15, -0.1) is 11.6 Å². The second-order valence-corrected chi connectivity index (χ2v) is 4.45. The van der Waals surface area contributed by atoms with Gasteiger partial charge in [-0.25, -0.2) is 0 Å². The fourth-order valence-electron chi connectivity index (χ4n) is 0.997. The van der Waals surface area contributed by atoms with E-state index in [1.807, 2.05) is 0 Å². The van der Waals surface area contributed by atoms with Gasteiger partial charge in [0.15, 0.2) is 0 Å². The number of hydrogen-bond donors (Lipinski definition) is 0. The van der Waals surface area contributed by atoms with Crippen molar-refractivity contribution in [2.24, 2.45) is 0 Å². The normalized spacial score (nSPS) is 12.0. The van der Waals surface area contributed by atoms with Crippen LogP contribution in [0.4, 0.5) is 0 Å². The maximum atomic E-state index is 5.56. The van der Waals surface area contributed by atoms with Crippen molar-refractivity contribution in [2.45, 2.75) is 45.1 Å². The predicted molar refractivity (Wildman–Crippen MR) is 61.1 cm³/mol. The van der Waals surface area contributed by atoms with E-state index in [2.05, 4.69) is 13.8 Å². The van der Waals surface area contributed by atoms with Crippen molar-refractivity contribution in [1.82, 2.24) is 0 Å². The van der Waals surface area contributed by atoms with Crippen LogP contribution >= 0.6 is 11.6 Å². The molecule has 0 aromatic heterocycles. The minimum absolute atomic E-state index is 0.0594. The lowest BCUT2D eigenvalue weighted by atomic mass is 10.1.